The summed E-state index contributed by atoms with van der Waals surface area (Å²) in [6.07, 6.45) is 1.65. The lowest BCUT2D eigenvalue weighted by atomic mass is 10.2. The lowest BCUT2D eigenvalue weighted by Crippen LogP contribution is -2.24. The summed E-state index contributed by atoms with van der Waals surface area (Å²) in [5.41, 5.74) is 9.19. The predicted molar refractivity (Wildman–Crippen MR) is 142 cm³/mol. The molecule has 6 nitrogen and oxygen atoms in total. The van der Waals surface area contributed by atoms with E-state index in [1.165, 1.54) is 0 Å². The summed E-state index contributed by atoms with van der Waals surface area (Å²) in [4.78, 5) is 12.2. The van der Waals surface area contributed by atoms with Crippen LogP contribution in [0.5, 0.6) is 5.75 Å². The number of anilines is 1. The number of halogens is 1. The molecule has 0 atom stereocenters. The highest BCUT2D eigenvalue weighted by atomic mass is 35.5. The Morgan fingerprint density at radius 3 is 2.46 bits per heavy atom. The summed E-state index contributed by atoms with van der Waals surface area (Å²) >= 11 is 6.21. The number of hydrogen-bond acceptors (Lipinski definition) is 3. The fraction of sp³-hybridized carbons (Fsp3) is 0.143. The average molecular weight is 487 g/mol. The number of aromatic nitrogens is 1. The summed E-state index contributed by atoms with van der Waals surface area (Å²) in [6.45, 7) is 6.39. The van der Waals surface area contributed by atoms with Gasteiger partial charge in [0.15, 0.2) is 0 Å². The zero-order valence-corrected chi connectivity index (χ0v) is 20.6. The van der Waals surface area contributed by atoms with E-state index in [2.05, 4.69) is 20.4 Å². The van der Waals surface area contributed by atoms with Gasteiger partial charge < -0.3 is 14.6 Å². The second-order valence-corrected chi connectivity index (χ2v) is 8.58. The Labute approximate surface area is 210 Å². The summed E-state index contributed by atoms with van der Waals surface area (Å²) in [6, 6.07) is 24.8. The van der Waals surface area contributed by atoms with E-state index in [1.54, 1.807) is 6.21 Å². The van der Waals surface area contributed by atoms with E-state index in [9.17, 15) is 4.79 Å². The Morgan fingerprint density at radius 1 is 1.00 bits per heavy atom. The number of carbonyl (C=O) groups excluding carboxylic acids is 1. The Kier molecular flexibility index (Phi) is 7.53. The number of nitrogens with one attached hydrogen (secondary N) is 2. The molecule has 7 heteroatoms. The molecule has 0 aliphatic rings. The minimum Gasteiger partial charge on any atom is -0.489 e. The molecule has 2 amide bonds. The van der Waals surface area contributed by atoms with Crippen LogP contribution in [-0.2, 0) is 6.61 Å². The fourth-order valence-electron chi connectivity index (χ4n) is 3.81. The molecule has 0 spiro atoms. The Hall–Kier alpha value is -4.03. The second-order valence-electron chi connectivity index (χ2n) is 8.17. The molecule has 1 heterocycles. The van der Waals surface area contributed by atoms with E-state index in [0.29, 0.717) is 11.6 Å². The SMILES string of the molecule is Cc1ccccc1NC(=O)NN=Cc1cc(C)n(-c2ccc(OCc3ccccc3Cl)cc2)c1C. The van der Waals surface area contributed by atoms with Crippen molar-refractivity contribution in [3.63, 3.8) is 0 Å². The van der Waals surface area contributed by atoms with Crippen LogP contribution in [0.1, 0.15) is 28.1 Å². The Bertz CT molecular complexity index is 1360. The number of ether oxygens (including phenoxy) is 1. The molecule has 0 aliphatic carbocycles. The number of rotatable bonds is 7. The van der Waals surface area contributed by atoms with E-state index in [-0.39, 0.29) is 0 Å². The molecule has 0 radical (unpaired) electrons. The van der Waals surface area contributed by atoms with Crippen LogP contribution in [0.2, 0.25) is 5.02 Å². The quantitative estimate of drug-likeness (QED) is 0.223. The summed E-state index contributed by atoms with van der Waals surface area (Å²) < 4.78 is 8.03. The van der Waals surface area contributed by atoms with Crippen molar-refractivity contribution < 1.29 is 9.53 Å². The molecule has 0 aliphatic heterocycles. The molecular formula is C28H27ClN4O2. The monoisotopic (exact) mass is 486 g/mol. The third-order valence-electron chi connectivity index (χ3n) is 5.68. The predicted octanol–water partition coefficient (Wildman–Crippen LogP) is 6.79. The molecule has 0 bridgehead atoms. The third-order valence-corrected chi connectivity index (χ3v) is 6.05. The average Bonchev–Trinajstić information content (AvgIpc) is 3.13. The van der Waals surface area contributed by atoms with Crippen LogP contribution < -0.4 is 15.5 Å². The van der Waals surface area contributed by atoms with Gasteiger partial charge in [-0.1, -0.05) is 48.0 Å². The van der Waals surface area contributed by atoms with Crippen molar-refractivity contribution >= 4 is 29.5 Å². The van der Waals surface area contributed by atoms with Crippen LogP contribution in [-0.4, -0.2) is 16.8 Å². The second kappa shape index (κ2) is 10.9. The summed E-state index contributed by atoms with van der Waals surface area (Å²) in [7, 11) is 0. The van der Waals surface area contributed by atoms with Crippen molar-refractivity contribution in [2.75, 3.05) is 5.32 Å². The van der Waals surface area contributed by atoms with Crippen molar-refractivity contribution in [1.29, 1.82) is 0 Å². The van der Waals surface area contributed by atoms with Crippen molar-refractivity contribution in [3.05, 3.63) is 112 Å². The van der Waals surface area contributed by atoms with Gasteiger partial charge in [-0.3, -0.25) is 0 Å². The van der Waals surface area contributed by atoms with E-state index in [0.717, 1.165) is 45.2 Å². The Balaban J connectivity index is 1.40. The lowest BCUT2D eigenvalue weighted by Gasteiger charge is -2.12. The normalized spacial score (nSPS) is 11.0. The molecule has 0 fully saturated rings. The fourth-order valence-corrected chi connectivity index (χ4v) is 4.00. The van der Waals surface area contributed by atoms with Crippen LogP contribution in [0.25, 0.3) is 5.69 Å². The molecule has 0 unspecified atom stereocenters. The minimum atomic E-state index is -0.392. The molecule has 2 N–H and O–H groups in total. The maximum atomic E-state index is 12.2. The molecule has 0 saturated carbocycles. The van der Waals surface area contributed by atoms with Crippen molar-refractivity contribution in [1.82, 2.24) is 9.99 Å². The number of hydrazone groups is 1. The number of nitrogens with zero attached hydrogens (tertiary/aromatic N) is 2. The highest BCUT2D eigenvalue weighted by Crippen LogP contribution is 2.23. The topological polar surface area (TPSA) is 67.7 Å². The number of amides is 2. The van der Waals surface area contributed by atoms with Crippen molar-refractivity contribution in [2.45, 2.75) is 27.4 Å². The van der Waals surface area contributed by atoms with Crippen LogP contribution in [0, 0.1) is 20.8 Å². The van der Waals surface area contributed by atoms with Gasteiger partial charge in [0.05, 0.1) is 6.21 Å². The maximum absolute atomic E-state index is 12.2. The first-order valence-electron chi connectivity index (χ1n) is 11.2. The summed E-state index contributed by atoms with van der Waals surface area (Å²) in [5, 5.41) is 7.61. The largest absolute Gasteiger partial charge is 0.489 e. The maximum Gasteiger partial charge on any atom is 0.339 e. The van der Waals surface area contributed by atoms with E-state index in [1.807, 2.05) is 99.6 Å². The highest BCUT2D eigenvalue weighted by molar-refractivity contribution is 6.31. The van der Waals surface area contributed by atoms with Gasteiger partial charge in [0, 0.05) is 38.9 Å². The number of urea groups is 1. The molecule has 1 aromatic heterocycles. The number of carbonyl (C=O) groups is 1. The molecule has 35 heavy (non-hydrogen) atoms. The number of aryl methyl sites for hydroxylation is 2. The smallest absolute Gasteiger partial charge is 0.339 e. The van der Waals surface area contributed by atoms with Gasteiger partial charge in [-0.15, -0.1) is 0 Å². The van der Waals surface area contributed by atoms with Crippen molar-refractivity contribution in [3.8, 4) is 11.4 Å². The van der Waals surface area contributed by atoms with Gasteiger partial charge in [-0.05, 0) is 68.8 Å². The lowest BCUT2D eigenvalue weighted by molar-refractivity contribution is 0.252. The van der Waals surface area contributed by atoms with Crippen LogP contribution in [0.3, 0.4) is 0 Å². The number of para-hydroxylation sites is 1. The molecule has 3 aromatic carbocycles. The highest BCUT2D eigenvalue weighted by Gasteiger charge is 2.10. The van der Waals surface area contributed by atoms with Crippen LogP contribution in [0.15, 0.2) is 84.0 Å². The minimum absolute atomic E-state index is 0.392. The first-order valence-corrected chi connectivity index (χ1v) is 11.6. The zero-order chi connectivity index (χ0) is 24.8. The van der Waals surface area contributed by atoms with Gasteiger partial charge in [-0.25, -0.2) is 10.2 Å². The van der Waals surface area contributed by atoms with Gasteiger partial charge >= 0.3 is 6.03 Å². The molecule has 4 aromatic rings. The van der Waals surface area contributed by atoms with Gasteiger partial charge in [0.2, 0.25) is 0 Å². The van der Waals surface area contributed by atoms with Crippen molar-refractivity contribution in [2.24, 2.45) is 5.10 Å². The molecule has 4 rings (SSSR count). The number of hydrogen-bond donors (Lipinski definition) is 2. The molecular weight excluding hydrogens is 460 g/mol. The molecule has 0 saturated heterocycles. The van der Waals surface area contributed by atoms with E-state index in [4.69, 9.17) is 16.3 Å². The molecule has 178 valence electrons. The third kappa shape index (κ3) is 5.91. The first kappa shape index (κ1) is 24.1. The number of benzene rings is 3. The van der Waals surface area contributed by atoms with Gasteiger partial charge in [-0.2, -0.15) is 5.10 Å². The zero-order valence-electron chi connectivity index (χ0n) is 19.9. The summed E-state index contributed by atoms with van der Waals surface area (Å²) in [5.74, 6) is 0.766. The van der Waals surface area contributed by atoms with E-state index >= 15 is 0 Å². The van der Waals surface area contributed by atoms with E-state index < -0.39 is 6.03 Å². The van der Waals surface area contributed by atoms with Crippen LogP contribution >= 0.6 is 11.6 Å². The Morgan fingerprint density at radius 2 is 1.71 bits per heavy atom. The van der Waals surface area contributed by atoms with Gasteiger partial charge in [0.1, 0.15) is 12.4 Å². The first-order chi connectivity index (χ1) is 16.9. The van der Waals surface area contributed by atoms with Gasteiger partial charge in [0.25, 0.3) is 0 Å². The standard InChI is InChI=1S/C28H27ClN4O2/c1-19-8-4-7-11-27(19)31-28(34)32-30-17-23-16-20(2)33(21(23)3)24-12-14-25(15-13-24)35-18-22-9-5-6-10-26(22)29/h4-17H,18H2,1-3H3,(H2,31,32,34). The van der Waals surface area contributed by atoms with Crippen LogP contribution in [0.4, 0.5) is 10.5 Å².